The standard InChI is InChI=1S/C17H22BrN3/c1-13(2)20-11-14-10-15(18)7-8-17(14)21(3)12-16-6-4-5-9-19-16/h4-10,13,20H,11-12H2,1-3H3. The van der Waals surface area contributed by atoms with E-state index < -0.39 is 0 Å². The smallest absolute Gasteiger partial charge is 0.0598 e. The van der Waals surface area contributed by atoms with Crippen molar-refractivity contribution in [3.8, 4) is 0 Å². The van der Waals surface area contributed by atoms with Gasteiger partial charge in [0.05, 0.1) is 12.2 Å². The SMILES string of the molecule is CC(C)NCc1cc(Br)ccc1N(C)Cc1ccccn1. The fourth-order valence-electron chi connectivity index (χ4n) is 2.20. The Morgan fingerprint density at radius 2 is 2.05 bits per heavy atom. The number of hydrogen-bond acceptors (Lipinski definition) is 3. The van der Waals surface area contributed by atoms with Gasteiger partial charge in [-0.05, 0) is 35.9 Å². The first kappa shape index (κ1) is 16.0. The summed E-state index contributed by atoms with van der Waals surface area (Å²) in [6.45, 7) is 5.99. The van der Waals surface area contributed by atoms with Crippen molar-refractivity contribution in [3.05, 3.63) is 58.3 Å². The zero-order chi connectivity index (χ0) is 15.2. The van der Waals surface area contributed by atoms with Crippen LogP contribution in [0.4, 0.5) is 5.69 Å². The molecule has 21 heavy (non-hydrogen) atoms. The van der Waals surface area contributed by atoms with Crippen LogP contribution in [0.25, 0.3) is 0 Å². The van der Waals surface area contributed by atoms with Gasteiger partial charge in [0.1, 0.15) is 0 Å². The Morgan fingerprint density at radius 3 is 2.71 bits per heavy atom. The third kappa shape index (κ3) is 4.83. The first-order chi connectivity index (χ1) is 10.1. The lowest BCUT2D eigenvalue weighted by atomic mass is 10.1. The average Bonchev–Trinajstić information content (AvgIpc) is 2.46. The molecule has 0 saturated carbocycles. The van der Waals surface area contributed by atoms with Crippen LogP contribution in [0.5, 0.6) is 0 Å². The largest absolute Gasteiger partial charge is 0.368 e. The molecular weight excluding hydrogens is 326 g/mol. The molecule has 1 heterocycles. The van der Waals surface area contributed by atoms with Gasteiger partial charge in [0.2, 0.25) is 0 Å². The van der Waals surface area contributed by atoms with Gasteiger partial charge in [0.25, 0.3) is 0 Å². The number of nitrogens with one attached hydrogen (secondary N) is 1. The molecule has 0 fully saturated rings. The van der Waals surface area contributed by atoms with Crippen LogP contribution in [0.1, 0.15) is 25.1 Å². The van der Waals surface area contributed by atoms with Crippen molar-refractivity contribution in [2.24, 2.45) is 0 Å². The molecule has 1 aromatic carbocycles. The summed E-state index contributed by atoms with van der Waals surface area (Å²) in [6.07, 6.45) is 1.84. The molecule has 0 amide bonds. The predicted octanol–water partition coefficient (Wildman–Crippen LogP) is 3.98. The van der Waals surface area contributed by atoms with Crippen LogP contribution in [-0.4, -0.2) is 18.1 Å². The Bertz CT molecular complexity index is 570. The molecular formula is C17H22BrN3. The Labute approximate surface area is 135 Å². The lowest BCUT2D eigenvalue weighted by Crippen LogP contribution is -2.24. The molecule has 2 rings (SSSR count). The van der Waals surface area contributed by atoms with Gasteiger partial charge in [0, 0.05) is 36.0 Å². The van der Waals surface area contributed by atoms with Crippen molar-refractivity contribution in [1.82, 2.24) is 10.3 Å². The third-order valence-electron chi connectivity index (χ3n) is 3.28. The molecule has 0 radical (unpaired) electrons. The highest BCUT2D eigenvalue weighted by Crippen LogP contribution is 2.25. The van der Waals surface area contributed by atoms with E-state index in [1.807, 2.05) is 18.3 Å². The molecule has 0 aliphatic rings. The quantitative estimate of drug-likeness (QED) is 0.856. The summed E-state index contributed by atoms with van der Waals surface area (Å²) in [5, 5.41) is 3.49. The van der Waals surface area contributed by atoms with Crippen LogP contribution in [0.2, 0.25) is 0 Å². The predicted molar refractivity (Wildman–Crippen MR) is 92.5 cm³/mol. The molecule has 0 aliphatic heterocycles. The van der Waals surface area contributed by atoms with Crippen LogP contribution >= 0.6 is 15.9 Å². The van der Waals surface area contributed by atoms with Gasteiger partial charge < -0.3 is 10.2 Å². The van der Waals surface area contributed by atoms with Crippen molar-refractivity contribution >= 4 is 21.6 Å². The fraction of sp³-hybridized carbons (Fsp3) is 0.353. The number of anilines is 1. The average molecular weight is 348 g/mol. The van der Waals surface area contributed by atoms with Crippen molar-refractivity contribution in [2.75, 3.05) is 11.9 Å². The first-order valence-corrected chi connectivity index (χ1v) is 7.98. The highest BCUT2D eigenvalue weighted by atomic mass is 79.9. The van der Waals surface area contributed by atoms with E-state index in [9.17, 15) is 0 Å². The number of aromatic nitrogens is 1. The van der Waals surface area contributed by atoms with Crippen LogP contribution < -0.4 is 10.2 Å². The van der Waals surface area contributed by atoms with Gasteiger partial charge in [-0.1, -0.05) is 35.8 Å². The summed E-state index contributed by atoms with van der Waals surface area (Å²) < 4.78 is 1.11. The topological polar surface area (TPSA) is 28.2 Å². The minimum atomic E-state index is 0.470. The van der Waals surface area contributed by atoms with E-state index in [-0.39, 0.29) is 0 Å². The van der Waals surface area contributed by atoms with Crippen LogP contribution in [0.15, 0.2) is 47.1 Å². The lowest BCUT2D eigenvalue weighted by Gasteiger charge is -2.23. The summed E-state index contributed by atoms with van der Waals surface area (Å²) in [6, 6.07) is 12.9. The lowest BCUT2D eigenvalue weighted by molar-refractivity contribution is 0.588. The number of hydrogen-bond donors (Lipinski definition) is 1. The maximum Gasteiger partial charge on any atom is 0.0598 e. The zero-order valence-corrected chi connectivity index (χ0v) is 14.4. The van der Waals surface area contributed by atoms with E-state index in [2.05, 4.69) is 76.3 Å². The molecule has 1 aromatic heterocycles. The van der Waals surface area contributed by atoms with E-state index in [0.29, 0.717) is 6.04 Å². The summed E-state index contributed by atoms with van der Waals surface area (Å²) in [5.41, 5.74) is 3.60. The molecule has 0 unspecified atom stereocenters. The molecule has 0 bridgehead atoms. The number of rotatable bonds is 6. The monoisotopic (exact) mass is 347 g/mol. The molecule has 1 N–H and O–H groups in total. The van der Waals surface area contributed by atoms with E-state index in [0.717, 1.165) is 23.3 Å². The highest BCUT2D eigenvalue weighted by molar-refractivity contribution is 9.10. The van der Waals surface area contributed by atoms with Crippen molar-refractivity contribution in [1.29, 1.82) is 0 Å². The highest BCUT2D eigenvalue weighted by Gasteiger charge is 2.09. The minimum Gasteiger partial charge on any atom is -0.368 e. The van der Waals surface area contributed by atoms with Crippen molar-refractivity contribution < 1.29 is 0 Å². The molecule has 112 valence electrons. The van der Waals surface area contributed by atoms with E-state index >= 15 is 0 Å². The molecule has 4 heteroatoms. The normalized spacial score (nSPS) is 10.9. The summed E-state index contributed by atoms with van der Waals surface area (Å²) >= 11 is 3.56. The van der Waals surface area contributed by atoms with E-state index in [1.54, 1.807) is 0 Å². The van der Waals surface area contributed by atoms with Crippen LogP contribution in [0, 0.1) is 0 Å². The maximum atomic E-state index is 4.40. The fourth-order valence-corrected chi connectivity index (χ4v) is 2.61. The van der Waals surface area contributed by atoms with E-state index in [4.69, 9.17) is 0 Å². The van der Waals surface area contributed by atoms with Gasteiger partial charge in [-0.3, -0.25) is 4.98 Å². The second-order valence-electron chi connectivity index (χ2n) is 5.49. The van der Waals surface area contributed by atoms with Crippen molar-refractivity contribution in [2.45, 2.75) is 33.0 Å². The zero-order valence-electron chi connectivity index (χ0n) is 12.8. The Balaban J connectivity index is 2.17. The van der Waals surface area contributed by atoms with Gasteiger partial charge >= 0.3 is 0 Å². The number of nitrogens with zero attached hydrogens (tertiary/aromatic N) is 2. The Morgan fingerprint density at radius 1 is 1.24 bits per heavy atom. The van der Waals surface area contributed by atoms with Gasteiger partial charge in [-0.15, -0.1) is 0 Å². The summed E-state index contributed by atoms with van der Waals surface area (Å²) in [5.74, 6) is 0. The molecule has 0 saturated heterocycles. The van der Waals surface area contributed by atoms with Crippen LogP contribution in [-0.2, 0) is 13.1 Å². The maximum absolute atomic E-state index is 4.40. The second-order valence-corrected chi connectivity index (χ2v) is 6.40. The van der Waals surface area contributed by atoms with Gasteiger partial charge in [-0.25, -0.2) is 0 Å². The summed E-state index contributed by atoms with van der Waals surface area (Å²) in [4.78, 5) is 6.64. The van der Waals surface area contributed by atoms with Crippen LogP contribution in [0.3, 0.4) is 0 Å². The Hall–Kier alpha value is -1.39. The Kier molecular flexibility index (Phi) is 5.76. The van der Waals surface area contributed by atoms with Gasteiger partial charge in [0.15, 0.2) is 0 Å². The third-order valence-corrected chi connectivity index (χ3v) is 3.77. The minimum absolute atomic E-state index is 0.470. The number of halogens is 1. The first-order valence-electron chi connectivity index (χ1n) is 7.19. The van der Waals surface area contributed by atoms with Gasteiger partial charge in [-0.2, -0.15) is 0 Å². The molecule has 0 atom stereocenters. The second kappa shape index (κ2) is 7.57. The number of benzene rings is 1. The molecule has 0 aliphatic carbocycles. The summed E-state index contributed by atoms with van der Waals surface area (Å²) in [7, 11) is 2.11. The number of pyridine rings is 1. The van der Waals surface area contributed by atoms with Crippen molar-refractivity contribution in [3.63, 3.8) is 0 Å². The van der Waals surface area contributed by atoms with E-state index in [1.165, 1.54) is 11.3 Å². The molecule has 2 aromatic rings. The molecule has 0 spiro atoms. The molecule has 3 nitrogen and oxygen atoms in total.